The van der Waals surface area contributed by atoms with Crippen molar-refractivity contribution >= 4 is 5.91 Å². The number of nitrogens with one attached hydrogen (secondary N) is 1. The van der Waals surface area contributed by atoms with E-state index in [-0.39, 0.29) is 11.5 Å². The molecule has 6 heteroatoms. The molecular weight excluding hydrogens is 316 g/mol. The lowest BCUT2D eigenvalue weighted by Gasteiger charge is -2.31. The van der Waals surface area contributed by atoms with Crippen molar-refractivity contribution in [1.29, 1.82) is 0 Å². The highest BCUT2D eigenvalue weighted by molar-refractivity contribution is 5.92. The number of benzene rings is 1. The molecular formula is C19H24N4O2. The molecule has 1 aliphatic rings. The largest absolute Gasteiger partial charge is 0.337 e. The molecule has 0 aliphatic carbocycles. The number of hydrogen-bond donors (Lipinski definition) is 1. The summed E-state index contributed by atoms with van der Waals surface area (Å²) in [5.74, 6) is 0.527. The molecule has 1 N–H and O–H groups in total. The molecule has 0 unspecified atom stereocenters. The summed E-state index contributed by atoms with van der Waals surface area (Å²) in [5.41, 5.74) is 1.12. The first kappa shape index (κ1) is 17.4. The van der Waals surface area contributed by atoms with Crippen molar-refractivity contribution in [2.24, 2.45) is 5.92 Å². The van der Waals surface area contributed by atoms with E-state index in [0.29, 0.717) is 18.2 Å². The number of hydrogen-bond acceptors (Lipinski definition) is 4. The maximum absolute atomic E-state index is 12.7. The average Bonchev–Trinajstić information content (AvgIpc) is 2.65. The minimum Gasteiger partial charge on any atom is -0.337 e. The molecule has 0 spiro atoms. The van der Waals surface area contributed by atoms with Crippen molar-refractivity contribution in [3.63, 3.8) is 0 Å². The number of piperidine rings is 1. The Morgan fingerprint density at radius 1 is 1.16 bits per heavy atom. The number of nitrogens with zero attached hydrogens (tertiary/aromatic N) is 3. The Balaban J connectivity index is 1.71. The fraction of sp³-hybridized carbons (Fsp3) is 0.421. The van der Waals surface area contributed by atoms with Crippen LogP contribution in [0.5, 0.6) is 0 Å². The molecule has 1 aromatic carbocycles. The van der Waals surface area contributed by atoms with Gasteiger partial charge in [-0.3, -0.25) is 9.59 Å². The van der Waals surface area contributed by atoms with Crippen LogP contribution in [0.4, 0.5) is 0 Å². The highest BCUT2D eigenvalue weighted by Crippen LogP contribution is 2.17. The summed E-state index contributed by atoms with van der Waals surface area (Å²) in [6.07, 6.45) is 1.99. The summed E-state index contributed by atoms with van der Waals surface area (Å²) in [4.78, 5) is 26.6. The van der Waals surface area contributed by atoms with Crippen LogP contribution in [-0.2, 0) is 6.54 Å². The molecule has 2 heterocycles. The summed E-state index contributed by atoms with van der Waals surface area (Å²) in [6.45, 7) is 2.84. The van der Waals surface area contributed by atoms with Crippen molar-refractivity contribution in [3.8, 4) is 0 Å². The maximum Gasteiger partial charge on any atom is 0.274 e. The molecule has 0 radical (unpaired) electrons. The number of amides is 1. The van der Waals surface area contributed by atoms with Crippen molar-refractivity contribution < 1.29 is 4.79 Å². The van der Waals surface area contributed by atoms with Crippen molar-refractivity contribution in [2.45, 2.75) is 19.4 Å². The molecule has 1 aromatic heterocycles. The number of carbonyl (C=O) groups is 1. The zero-order valence-corrected chi connectivity index (χ0v) is 14.5. The van der Waals surface area contributed by atoms with E-state index in [1.165, 1.54) is 16.8 Å². The van der Waals surface area contributed by atoms with Gasteiger partial charge in [-0.25, -0.2) is 4.68 Å². The minimum atomic E-state index is -0.201. The standard InChI is InChI=1S/C19H24N4O2/c1-20-13-15-9-11-22(12-10-15)19(25)17-7-8-18(24)23(21-17)14-16-5-3-2-4-6-16/h2-8,15,20H,9-14H2,1H3. The molecule has 1 aliphatic heterocycles. The van der Waals surface area contributed by atoms with Crippen molar-refractivity contribution in [3.05, 3.63) is 64.1 Å². The summed E-state index contributed by atoms with van der Waals surface area (Å²) in [5, 5.41) is 7.49. The monoisotopic (exact) mass is 340 g/mol. The topological polar surface area (TPSA) is 67.2 Å². The molecule has 1 amide bonds. The van der Waals surface area contributed by atoms with Gasteiger partial charge in [-0.2, -0.15) is 5.10 Å². The molecule has 2 aromatic rings. The van der Waals surface area contributed by atoms with Crippen LogP contribution in [-0.4, -0.2) is 47.3 Å². The van der Waals surface area contributed by atoms with Gasteiger partial charge < -0.3 is 10.2 Å². The van der Waals surface area contributed by atoms with E-state index in [1.54, 1.807) is 0 Å². The molecule has 0 bridgehead atoms. The second-order valence-electron chi connectivity index (χ2n) is 6.49. The van der Waals surface area contributed by atoms with Crippen LogP contribution < -0.4 is 10.9 Å². The third kappa shape index (κ3) is 4.33. The normalized spacial score (nSPS) is 15.3. The quantitative estimate of drug-likeness (QED) is 0.892. The Hall–Kier alpha value is -2.47. The highest BCUT2D eigenvalue weighted by Gasteiger charge is 2.24. The Morgan fingerprint density at radius 3 is 2.56 bits per heavy atom. The number of likely N-dealkylation sites (tertiary alicyclic amines) is 1. The summed E-state index contributed by atoms with van der Waals surface area (Å²) in [7, 11) is 1.96. The van der Waals surface area contributed by atoms with E-state index in [1.807, 2.05) is 42.3 Å². The summed E-state index contributed by atoms with van der Waals surface area (Å²) >= 11 is 0. The van der Waals surface area contributed by atoms with Crippen LogP contribution in [0.15, 0.2) is 47.3 Å². The van der Waals surface area contributed by atoms with Gasteiger partial charge in [-0.1, -0.05) is 30.3 Å². The molecule has 3 rings (SSSR count). The first-order valence-corrected chi connectivity index (χ1v) is 8.73. The molecule has 6 nitrogen and oxygen atoms in total. The van der Waals surface area contributed by atoms with Crippen molar-refractivity contribution in [2.75, 3.05) is 26.7 Å². The lowest BCUT2D eigenvalue weighted by Crippen LogP contribution is -2.41. The summed E-state index contributed by atoms with van der Waals surface area (Å²) < 4.78 is 1.36. The SMILES string of the molecule is CNCC1CCN(C(=O)c2ccc(=O)n(Cc3ccccc3)n2)CC1. The minimum absolute atomic E-state index is 0.0929. The number of aromatic nitrogens is 2. The predicted octanol–water partition coefficient (Wildman–Crippen LogP) is 1.36. The Morgan fingerprint density at radius 2 is 1.88 bits per heavy atom. The van der Waals surface area contributed by atoms with Gasteiger partial charge in [0.05, 0.1) is 6.54 Å². The van der Waals surface area contributed by atoms with E-state index < -0.39 is 0 Å². The van der Waals surface area contributed by atoms with E-state index in [2.05, 4.69) is 10.4 Å². The Labute approximate surface area is 147 Å². The molecule has 25 heavy (non-hydrogen) atoms. The van der Waals surface area contributed by atoms with E-state index in [4.69, 9.17) is 0 Å². The van der Waals surface area contributed by atoms with Crippen LogP contribution >= 0.6 is 0 Å². The van der Waals surface area contributed by atoms with Gasteiger partial charge in [-0.15, -0.1) is 0 Å². The fourth-order valence-electron chi connectivity index (χ4n) is 3.22. The molecule has 132 valence electrons. The summed E-state index contributed by atoms with van der Waals surface area (Å²) in [6, 6.07) is 12.6. The zero-order chi connectivity index (χ0) is 17.6. The Bertz CT molecular complexity index is 764. The molecule has 0 atom stereocenters. The van der Waals surface area contributed by atoms with Crippen LogP contribution in [0.2, 0.25) is 0 Å². The van der Waals surface area contributed by atoms with Crippen molar-refractivity contribution in [1.82, 2.24) is 20.0 Å². The van der Waals surface area contributed by atoms with Gasteiger partial charge >= 0.3 is 0 Å². The Kier molecular flexibility index (Phi) is 5.60. The molecule has 0 saturated carbocycles. The first-order chi connectivity index (χ1) is 12.2. The third-order valence-corrected chi connectivity index (χ3v) is 4.66. The van der Waals surface area contributed by atoms with Gasteiger partial charge in [0.15, 0.2) is 0 Å². The van der Waals surface area contributed by atoms with Crippen LogP contribution in [0.25, 0.3) is 0 Å². The van der Waals surface area contributed by atoms with Crippen LogP contribution in [0.3, 0.4) is 0 Å². The lowest BCUT2D eigenvalue weighted by molar-refractivity contribution is 0.0682. The number of rotatable bonds is 5. The van der Waals surface area contributed by atoms with Crippen LogP contribution in [0, 0.1) is 5.92 Å². The second-order valence-corrected chi connectivity index (χ2v) is 6.49. The number of carbonyl (C=O) groups excluding carboxylic acids is 1. The lowest BCUT2D eigenvalue weighted by atomic mass is 9.96. The highest BCUT2D eigenvalue weighted by atomic mass is 16.2. The molecule has 1 fully saturated rings. The second kappa shape index (κ2) is 8.07. The molecule has 1 saturated heterocycles. The smallest absolute Gasteiger partial charge is 0.274 e. The fourth-order valence-corrected chi connectivity index (χ4v) is 3.22. The van der Waals surface area contributed by atoms with Crippen LogP contribution in [0.1, 0.15) is 28.9 Å². The van der Waals surface area contributed by atoms with E-state index >= 15 is 0 Å². The van der Waals surface area contributed by atoms with E-state index in [9.17, 15) is 9.59 Å². The van der Waals surface area contributed by atoms with Gasteiger partial charge in [0, 0.05) is 19.2 Å². The van der Waals surface area contributed by atoms with E-state index in [0.717, 1.165) is 38.0 Å². The first-order valence-electron chi connectivity index (χ1n) is 8.73. The average molecular weight is 340 g/mol. The predicted molar refractivity (Wildman–Crippen MR) is 96.6 cm³/mol. The van der Waals surface area contributed by atoms with Gasteiger partial charge in [-0.05, 0) is 44.0 Å². The third-order valence-electron chi connectivity index (χ3n) is 4.66. The zero-order valence-electron chi connectivity index (χ0n) is 14.5. The van der Waals surface area contributed by atoms with Gasteiger partial charge in [0.25, 0.3) is 11.5 Å². The van der Waals surface area contributed by atoms with Gasteiger partial charge in [0.1, 0.15) is 5.69 Å². The van der Waals surface area contributed by atoms with Gasteiger partial charge in [0.2, 0.25) is 0 Å². The maximum atomic E-state index is 12.7.